The van der Waals surface area contributed by atoms with Crippen molar-refractivity contribution in [3.63, 3.8) is 0 Å². The Hall–Kier alpha value is -1.87. The van der Waals surface area contributed by atoms with Gasteiger partial charge in [-0.15, -0.1) is 11.3 Å². The fraction of sp³-hybridized carbons (Fsp3) is 0.654. The highest BCUT2D eigenvalue weighted by Gasteiger charge is 2.42. The van der Waals surface area contributed by atoms with E-state index in [1.807, 2.05) is 45.2 Å². The summed E-state index contributed by atoms with van der Waals surface area (Å²) in [4.78, 5) is 30.4. The third kappa shape index (κ3) is 7.57. The summed E-state index contributed by atoms with van der Waals surface area (Å²) in [7, 11) is 0. The molecule has 0 saturated heterocycles. The summed E-state index contributed by atoms with van der Waals surface area (Å²) in [5.41, 5.74) is 1.54. The number of nitrogens with zero attached hydrogens (tertiary/aromatic N) is 1. The lowest BCUT2D eigenvalue weighted by Crippen LogP contribution is -2.46. The Kier molecular flexibility index (Phi) is 10.2. The van der Waals surface area contributed by atoms with E-state index in [1.54, 1.807) is 32.1 Å². The Bertz CT molecular complexity index is 920. The molecule has 1 aromatic rings. The smallest absolute Gasteiger partial charge is 0.309 e. The molecule has 5 atom stereocenters. The Morgan fingerprint density at radius 2 is 1.94 bits per heavy atom. The highest BCUT2D eigenvalue weighted by molar-refractivity contribution is 7.09. The van der Waals surface area contributed by atoms with Crippen LogP contribution in [0, 0.1) is 24.2 Å². The third-order valence-corrected chi connectivity index (χ3v) is 7.47. The van der Waals surface area contributed by atoms with Crippen molar-refractivity contribution in [1.29, 1.82) is 0 Å². The monoisotopic (exact) mass is 492 g/mol. The van der Waals surface area contributed by atoms with Crippen LogP contribution in [-0.4, -0.2) is 58.4 Å². The number of ether oxygens (including phenoxy) is 1. The number of aliphatic hydroxyl groups is 2. The van der Waals surface area contributed by atoms with Crippen LogP contribution in [0.1, 0.15) is 65.1 Å². The van der Waals surface area contributed by atoms with Gasteiger partial charge in [-0.2, -0.15) is 0 Å². The molecule has 1 aliphatic heterocycles. The first kappa shape index (κ1) is 28.4. The van der Waals surface area contributed by atoms with Crippen LogP contribution in [0.5, 0.6) is 0 Å². The number of rotatable bonds is 2. The molecule has 0 fully saturated rings. The maximum absolute atomic E-state index is 13.1. The second kappa shape index (κ2) is 12.2. The molecule has 0 bridgehead atoms. The number of thiazole rings is 1. The molecule has 7 nitrogen and oxygen atoms in total. The molecule has 0 radical (unpaired) electrons. The van der Waals surface area contributed by atoms with Gasteiger partial charge in [0.2, 0.25) is 0 Å². The molecule has 1 aliphatic rings. The zero-order valence-corrected chi connectivity index (χ0v) is 22.2. The largest absolute Gasteiger partial charge is 0.457 e. The van der Waals surface area contributed by atoms with E-state index in [0.717, 1.165) is 21.8 Å². The number of carbonyl (C=O) groups excluding carboxylic acids is 2. The average molecular weight is 493 g/mol. The van der Waals surface area contributed by atoms with Gasteiger partial charge in [-0.05, 0) is 38.3 Å². The van der Waals surface area contributed by atoms with Crippen molar-refractivity contribution in [2.75, 3.05) is 13.1 Å². The first-order valence-corrected chi connectivity index (χ1v) is 12.8. The van der Waals surface area contributed by atoms with Crippen LogP contribution < -0.4 is 5.32 Å². The molecule has 2 rings (SSSR count). The highest BCUT2D eigenvalue weighted by Crippen LogP contribution is 2.31. The van der Waals surface area contributed by atoms with Gasteiger partial charge < -0.3 is 20.3 Å². The summed E-state index contributed by atoms with van der Waals surface area (Å²) in [6.45, 7) is 13.8. The molecule has 0 aromatic carbocycles. The van der Waals surface area contributed by atoms with Crippen molar-refractivity contribution in [3.8, 4) is 0 Å². The van der Waals surface area contributed by atoms with Crippen molar-refractivity contribution in [3.05, 3.63) is 33.3 Å². The van der Waals surface area contributed by atoms with Crippen LogP contribution in [0.3, 0.4) is 0 Å². The van der Waals surface area contributed by atoms with Gasteiger partial charge in [-0.3, -0.25) is 9.59 Å². The molecule has 3 N–H and O–H groups in total. The number of aromatic nitrogens is 1. The maximum Gasteiger partial charge on any atom is 0.309 e. The van der Waals surface area contributed by atoms with Crippen molar-refractivity contribution in [2.24, 2.45) is 17.3 Å². The van der Waals surface area contributed by atoms with Crippen molar-refractivity contribution in [1.82, 2.24) is 10.3 Å². The van der Waals surface area contributed by atoms with E-state index in [0.29, 0.717) is 19.5 Å². The van der Waals surface area contributed by atoms with Gasteiger partial charge in [0.1, 0.15) is 11.9 Å². The Balaban J connectivity index is 2.33. The molecule has 0 amide bonds. The van der Waals surface area contributed by atoms with Crippen LogP contribution in [0.15, 0.2) is 22.6 Å². The van der Waals surface area contributed by atoms with Gasteiger partial charge in [0.05, 0.1) is 34.7 Å². The predicted molar refractivity (Wildman–Crippen MR) is 135 cm³/mol. The van der Waals surface area contributed by atoms with Crippen molar-refractivity contribution >= 4 is 29.2 Å². The lowest BCUT2D eigenvalue weighted by atomic mass is 9.73. The van der Waals surface area contributed by atoms with Gasteiger partial charge in [0.15, 0.2) is 0 Å². The molecule has 5 unspecified atom stereocenters. The quantitative estimate of drug-likeness (QED) is 0.427. The number of Topliss-reactive ketones (excluding diaryl/α,β-unsaturated/α-hetero) is 1. The fourth-order valence-electron chi connectivity index (χ4n) is 4.12. The number of esters is 1. The van der Waals surface area contributed by atoms with E-state index in [-0.39, 0.29) is 18.1 Å². The molecule has 0 saturated carbocycles. The van der Waals surface area contributed by atoms with E-state index < -0.39 is 35.6 Å². The summed E-state index contributed by atoms with van der Waals surface area (Å²) >= 11 is 1.55. The molecular formula is C26H40N2O5S. The molecule has 2 heterocycles. The number of cyclic esters (lactones) is 1. The molecule has 190 valence electrons. The number of hydrogen-bond donors (Lipinski definition) is 3. The second-order valence-electron chi connectivity index (χ2n) is 10.1. The van der Waals surface area contributed by atoms with Crippen LogP contribution in [-0.2, 0) is 14.3 Å². The zero-order chi connectivity index (χ0) is 25.6. The third-order valence-electron chi connectivity index (χ3n) is 6.68. The van der Waals surface area contributed by atoms with E-state index >= 15 is 0 Å². The Morgan fingerprint density at radius 3 is 2.56 bits per heavy atom. The highest BCUT2D eigenvalue weighted by atomic mass is 32.1. The summed E-state index contributed by atoms with van der Waals surface area (Å²) in [6.07, 6.45) is 1.53. The first-order chi connectivity index (χ1) is 15.8. The molecule has 34 heavy (non-hydrogen) atoms. The second-order valence-corrected chi connectivity index (χ2v) is 11.2. The van der Waals surface area contributed by atoms with Gasteiger partial charge >= 0.3 is 5.97 Å². The van der Waals surface area contributed by atoms with Crippen LogP contribution >= 0.6 is 11.3 Å². The Morgan fingerprint density at radius 1 is 1.26 bits per heavy atom. The number of ketones is 1. The SMILES string of the molecule is CC(=Cc1csc(C)n1)C1C/C=C(/C)CNCC(C)C(O)C(C)C(=O)C(C)(C)C(O)CC(=O)O1. The normalized spacial score (nSPS) is 32.1. The van der Waals surface area contributed by atoms with Gasteiger partial charge in [-0.1, -0.05) is 39.3 Å². The number of aliphatic hydroxyl groups excluding tert-OH is 2. The van der Waals surface area contributed by atoms with Gasteiger partial charge in [0.25, 0.3) is 0 Å². The number of nitrogens with one attached hydrogen (secondary N) is 1. The topological polar surface area (TPSA) is 109 Å². The summed E-state index contributed by atoms with van der Waals surface area (Å²) in [6, 6.07) is 0. The maximum atomic E-state index is 13.1. The van der Waals surface area contributed by atoms with E-state index in [9.17, 15) is 19.8 Å². The average Bonchev–Trinajstić information content (AvgIpc) is 3.18. The summed E-state index contributed by atoms with van der Waals surface area (Å²) < 4.78 is 5.79. The number of hydrogen-bond acceptors (Lipinski definition) is 8. The number of aryl methyl sites for hydroxylation is 1. The fourth-order valence-corrected chi connectivity index (χ4v) is 4.69. The van der Waals surface area contributed by atoms with Crippen LogP contribution in [0.2, 0.25) is 0 Å². The van der Waals surface area contributed by atoms with Crippen LogP contribution in [0.4, 0.5) is 0 Å². The summed E-state index contributed by atoms with van der Waals surface area (Å²) in [5.74, 6) is -1.68. The van der Waals surface area contributed by atoms with Crippen molar-refractivity contribution in [2.45, 2.75) is 79.6 Å². The minimum Gasteiger partial charge on any atom is -0.457 e. The lowest BCUT2D eigenvalue weighted by molar-refractivity contribution is -0.154. The van der Waals surface area contributed by atoms with E-state index in [2.05, 4.69) is 10.3 Å². The number of carbonyl (C=O) groups is 2. The molecule has 1 aromatic heterocycles. The minimum atomic E-state index is -1.23. The van der Waals surface area contributed by atoms with Crippen LogP contribution in [0.25, 0.3) is 6.08 Å². The summed E-state index contributed by atoms with van der Waals surface area (Å²) in [5, 5.41) is 27.8. The first-order valence-electron chi connectivity index (χ1n) is 11.9. The molecule has 0 spiro atoms. The van der Waals surface area contributed by atoms with E-state index in [4.69, 9.17) is 4.74 Å². The van der Waals surface area contributed by atoms with Gasteiger partial charge in [0, 0.05) is 30.8 Å². The molecule has 8 heteroatoms. The lowest BCUT2D eigenvalue weighted by Gasteiger charge is -2.34. The Labute approximate surface area is 207 Å². The standard InChI is InChI=1S/C26H40N2O5S/c1-15-8-9-21(16(2)10-20-14-34-19(5)28-20)33-23(30)11-22(29)26(6,7)25(32)18(4)24(31)17(3)13-27-12-15/h8,10,14,17-18,21-22,24,27,29,31H,9,11-13H2,1-7H3/b15-8-,16-10?. The molecular weight excluding hydrogens is 452 g/mol. The zero-order valence-electron chi connectivity index (χ0n) is 21.4. The van der Waals surface area contributed by atoms with E-state index in [1.165, 1.54) is 0 Å². The van der Waals surface area contributed by atoms with Gasteiger partial charge in [-0.25, -0.2) is 4.98 Å². The van der Waals surface area contributed by atoms with Crippen molar-refractivity contribution < 1.29 is 24.5 Å². The minimum absolute atomic E-state index is 0.156. The predicted octanol–water partition coefficient (Wildman–Crippen LogP) is 3.69. The molecule has 0 aliphatic carbocycles.